The first-order valence-corrected chi connectivity index (χ1v) is 7.69. The summed E-state index contributed by atoms with van der Waals surface area (Å²) in [6.07, 6.45) is 1.69. The summed E-state index contributed by atoms with van der Waals surface area (Å²) in [7, 11) is 0. The topological polar surface area (TPSA) is 26.0 Å². The SMILES string of the molecule is CCC(CC)(c1ccccc1)C(N)c1ccc(Cl)cc1F. The van der Waals surface area contributed by atoms with Crippen molar-refractivity contribution in [3.05, 3.63) is 70.5 Å². The Morgan fingerprint density at radius 1 is 1.10 bits per heavy atom. The standard InChI is InChI=1S/C18H21ClFN/c1-3-18(4-2,13-8-6-5-7-9-13)17(21)15-11-10-14(19)12-16(15)20/h5-12,17H,3-4,21H2,1-2H3. The molecule has 0 aliphatic carbocycles. The zero-order valence-electron chi connectivity index (χ0n) is 12.4. The number of nitrogens with two attached hydrogens (primary N) is 1. The van der Waals surface area contributed by atoms with Crippen LogP contribution in [0.3, 0.4) is 0 Å². The van der Waals surface area contributed by atoms with E-state index in [1.54, 1.807) is 12.1 Å². The molecule has 0 heterocycles. The fourth-order valence-electron chi connectivity index (χ4n) is 3.10. The lowest BCUT2D eigenvalue weighted by Gasteiger charge is -2.38. The van der Waals surface area contributed by atoms with E-state index in [0.717, 1.165) is 18.4 Å². The van der Waals surface area contributed by atoms with E-state index >= 15 is 0 Å². The van der Waals surface area contributed by atoms with Crippen LogP contribution in [0.1, 0.15) is 43.9 Å². The molecule has 1 nitrogen and oxygen atoms in total. The van der Waals surface area contributed by atoms with Gasteiger partial charge in [-0.05, 0) is 30.5 Å². The van der Waals surface area contributed by atoms with Crippen molar-refractivity contribution in [3.8, 4) is 0 Å². The number of hydrogen-bond acceptors (Lipinski definition) is 1. The van der Waals surface area contributed by atoms with E-state index in [0.29, 0.717) is 10.6 Å². The summed E-state index contributed by atoms with van der Waals surface area (Å²) >= 11 is 5.84. The molecule has 0 aromatic heterocycles. The fourth-order valence-corrected chi connectivity index (χ4v) is 3.26. The summed E-state index contributed by atoms with van der Waals surface area (Å²) in [5, 5.41) is 0.391. The summed E-state index contributed by atoms with van der Waals surface area (Å²) in [4.78, 5) is 0. The van der Waals surface area contributed by atoms with Crippen LogP contribution in [-0.4, -0.2) is 0 Å². The first kappa shape index (κ1) is 16.0. The molecule has 0 bridgehead atoms. The third kappa shape index (κ3) is 2.97. The van der Waals surface area contributed by atoms with Crippen molar-refractivity contribution in [2.45, 2.75) is 38.1 Å². The van der Waals surface area contributed by atoms with Crippen LogP contribution in [-0.2, 0) is 5.41 Å². The largest absolute Gasteiger partial charge is 0.323 e. The molecule has 1 unspecified atom stereocenters. The van der Waals surface area contributed by atoms with Crippen LogP contribution < -0.4 is 5.73 Å². The molecule has 0 aliphatic heterocycles. The highest BCUT2D eigenvalue weighted by atomic mass is 35.5. The normalized spacial score (nSPS) is 13.2. The maximum atomic E-state index is 14.3. The minimum atomic E-state index is -0.410. The first-order valence-electron chi connectivity index (χ1n) is 7.31. The number of benzene rings is 2. The smallest absolute Gasteiger partial charge is 0.129 e. The number of halogens is 2. The molecular formula is C18H21ClFN. The molecule has 0 saturated carbocycles. The van der Waals surface area contributed by atoms with Gasteiger partial charge >= 0.3 is 0 Å². The Kier molecular flexibility index (Phi) is 5.02. The van der Waals surface area contributed by atoms with Gasteiger partial charge in [0.2, 0.25) is 0 Å². The lowest BCUT2D eigenvalue weighted by atomic mass is 9.68. The molecule has 21 heavy (non-hydrogen) atoms. The predicted molar refractivity (Wildman–Crippen MR) is 87.0 cm³/mol. The van der Waals surface area contributed by atoms with Gasteiger partial charge in [0.1, 0.15) is 5.82 Å². The van der Waals surface area contributed by atoms with E-state index in [1.807, 2.05) is 18.2 Å². The van der Waals surface area contributed by atoms with Crippen LogP contribution in [0.25, 0.3) is 0 Å². The lowest BCUT2D eigenvalue weighted by molar-refractivity contribution is 0.315. The van der Waals surface area contributed by atoms with Gasteiger partial charge in [-0.1, -0.05) is 61.8 Å². The van der Waals surface area contributed by atoms with E-state index in [-0.39, 0.29) is 11.2 Å². The van der Waals surface area contributed by atoms with Gasteiger partial charge in [0, 0.05) is 22.0 Å². The number of rotatable bonds is 5. The summed E-state index contributed by atoms with van der Waals surface area (Å²) in [6.45, 7) is 4.20. The van der Waals surface area contributed by atoms with Crippen molar-refractivity contribution < 1.29 is 4.39 Å². The summed E-state index contributed by atoms with van der Waals surface area (Å²) < 4.78 is 14.3. The molecule has 0 fully saturated rings. The summed E-state index contributed by atoms with van der Waals surface area (Å²) in [6, 6.07) is 14.4. The molecular weight excluding hydrogens is 285 g/mol. The molecule has 112 valence electrons. The minimum absolute atomic E-state index is 0.282. The second-order valence-corrected chi connectivity index (χ2v) is 5.81. The van der Waals surface area contributed by atoms with Gasteiger partial charge in [0.05, 0.1) is 0 Å². The van der Waals surface area contributed by atoms with Crippen LogP contribution in [0.15, 0.2) is 48.5 Å². The van der Waals surface area contributed by atoms with Gasteiger partial charge in [-0.2, -0.15) is 0 Å². The molecule has 3 heteroatoms. The average Bonchev–Trinajstić information content (AvgIpc) is 2.50. The molecule has 0 amide bonds. The zero-order valence-corrected chi connectivity index (χ0v) is 13.2. The molecule has 0 aliphatic rings. The Morgan fingerprint density at radius 3 is 2.24 bits per heavy atom. The predicted octanol–water partition coefficient (Wildman–Crippen LogP) is 5.24. The van der Waals surface area contributed by atoms with Crippen LogP contribution in [0.4, 0.5) is 4.39 Å². The maximum Gasteiger partial charge on any atom is 0.129 e. The highest BCUT2D eigenvalue weighted by molar-refractivity contribution is 6.30. The molecule has 2 rings (SSSR count). The molecule has 2 N–H and O–H groups in total. The van der Waals surface area contributed by atoms with Crippen molar-refractivity contribution in [2.24, 2.45) is 5.73 Å². The van der Waals surface area contributed by atoms with Gasteiger partial charge in [-0.25, -0.2) is 4.39 Å². The average molecular weight is 306 g/mol. The summed E-state index contributed by atoms with van der Waals surface area (Å²) in [5.41, 5.74) is 7.88. The van der Waals surface area contributed by atoms with Crippen molar-refractivity contribution in [1.82, 2.24) is 0 Å². The maximum absolute atomic E-state index is 14.3. The van der Waals surface area contributed by atoms with Crippen molar-refractivity contribution in [1.29, 1.82) is 0 Å². The Labute approximate surface area is 130 Å². The second-order valence-electron chi connectivity index (χ2n) is 5.37. The Balaban J connectivity index is 2.52. The lowest BCUT2D eigenvalue weighted by Crippen LogP contribution is -2.38. The molecule has 0 radical (unpaired) electrons. The van der Waals surface area contributed by atoms with Crippen molar-refractivity contribution in [2.75, 3.05) is 0 Å². The van der Waals surface area contributed by atoms with Crippen LogP contribution in [0, 0.1) is 5.82 Å². The van der Waals surface area contributed by atoms with Crippen molar-refractivity contribution in [3.63, 3.8) is 0 Å². The van der Waals surface area contributed by atoms with Crippen LogP contribution >= 0.6 is 11.6 Å². The van der Waals surface area contributed by atoms with Crippen molar-refractivity contribution >= 4 is 11.6 Å². The third-order valence-electron chi connectivity index (χ3n) is 4.50. The minimum Gasteiger partial charge on any atom is -0.323 e. The Morgan fingerprint density at radius 2 is 1.71 bits per heavy atom. The monoisotopic (exact) mass is 305 g/mol. The van der Waals surface area contributed by atoms with E-state index < -0.39 is 6.04 Å². The Hall–Kier alpha value is -1.38. The third-order valence-corrected chi connectivity index (χ3v) is 4.74. The van der Waals surface area contributed by atoms with E-state index in [2.05, 4.69) is 26.0 Å². The van der Waals surface area contributed by atoms with Crippen LogP contribution in [0.5, 0.6) is 0 Å². The molecule has 0 spiro atoms. The Bertz CT molecular complexity index is 593. The molecule has 1 atom stereocenters. The quantitative estimate of drug-likeness (QED) is 0.803. The molecule has 2 aromatic rings. The van der Waals surface area contributed by atoms with E-state index in [9.17, 15) is 4.39 Å². The number of hydrogen-bond donors (Lipinski definition) is 1. The van der Waals surface area contributed by atoms with Gasteiger partial charge in [0.15, 0.2) is 0 Å². The van der Waals surface area contributed by atoms with Gasteiger partial charge < -0.3 is 5.73 Å². The van der Waals surface area contributed by atoms with Gasteiger partial charge in [-0.15, -0.1) is 0 Å². The zero-order chi connectivity index (χ0) is 15.5. The fraction of sp³-hybridized carbons (Fsp3) is 0.333. The first-order chi connectivity index (χ1) is 10.0. The van der Waals surface area contributed by atoms with Crippen LogP contribution in [0.2, 0.25) is 5.02 Å². The van der Waals surface area contributed by atoms with E-state index in [1.165, 1.54) is 6.07 Å². The second kappa shape index (κ2) is 6.59. The molecule has 2 aromatic carbocycles. The van der Waals surface area contributed by atoms with E-state index in [4.69, 9.17) is 17.3 Å². The highest BCUT2D eigenvalue weighted by Crippen LogP contribution is 2.42. The summed E-state index contributed by atoms with van der Waals surface area (Å²) in [5.74, 6) is -0.336. The highest BCUT2D eigenvalue weighted by Gasteiger charge is 2.37. The molecule has 0 saturated heterocycles. The van der Waals surface area contributed by atoms with Gasteiger partial charge in [-0.3, -0.25) is 0 Å². The van der Waals surface area contributed by atoms with Gasteiger partial charge in [0.25, 0.3) is 0 Å².